The molecule has 1 amide bonds. The molecule has 48 heavy (non-hydrogen) atoms. The molecule has 6 rings (SSSR count). The van der Waals surface area contributed by atoms with Crippen LogP contribution >= 0.6 is 46.6 Å². The van der Waals surface area contributed by atoms with Gasteiger partial charge in [-0.05, 0) is 50.4 Å². The summed E-state index contributed by atoms with van der Waals surface area (Å²) in [6.45, 7) is 2.28. The molecular weight excluding hydrogens is 693 g/mol. The van der Waals surface area contributed by atoms with Crippen molar-refractivity contribution >= 4 is 52.5 Å². The molecule has 5 aromatic rings. The first-order valence-electron chi connectivity index (χ1n) is 15.2. The van der Waals surface area contributed by atoms with Crippen molar-refractivity contribution in [3.05, 3.63) is 125 Å². The average molecular weight is 725 g/mol. The molecule has 2 heterocycles. The summed E-state index contributed by atoms with van der Waals surface area (Å²) in [5.41, 5.74) is 6.30. The highest BCUT2D eigenvalue weighted by Gasteiger charge is 2.38. The molecule has 0 aliphatic carbocycles. The zero-order valence-corrected chi connectivity index (χ0v) is 28.8. The van der Waals surface area contributed by atoms with E-state index in [9.17, 15) is 9.90 Å². The van der Waals surface area contributed by atoms with E-state index in [4.69, 9.17) is 44.3 Å². The molecule has 0 saturated carbocycles. The predicted molar refractivity (Wildman–Crippen MR) is 187 cm³/mol. The fraction of sp³-hybridized carbons (Fsp3) is 0.257. The van der Waals surface area contributed by atoms with Gasteiger partial charge in [-0.1, -0.05) is 144 Å². The number of thioether (sulfide) groups is 1. The quantitative estimate of drug-likeness (QED) is 0.113. The third-order valence-corrected chi connectivity index (χ3v) is 9.67. The number of aliphatic hydroxyl groups is 1. The number of rotatable bonds is 10. The van der Waals surface area contributed by atoms with Crippen LogP contribution in [-0.4, -0.2) is 46.9 Å². The number of benzene rings is 4. The SMILES string of the molecule is CC1C(CSc2nnnn2-c2ccccc2)OC(c2ccc(-c3ccccc3CNC(=O)C(Cl)(Cl)Cl)cc2)OC1c1ccc(CO)cc1. The van der Waals surface area contributed by atoms with Gasteiger partial charge in [0.1, 0.15) is 0 Å². The zero-order chi connectivity index (χ0) is 33.7. The molecule has 0 spiro atoms. The molecule has 9 nitrogen and oxygen atoms in total. The first kappa shape index (κ1) is 34.4. The Hall–Kier alpha value is -3.48. The van der Waals surface area contributed by atoms with Crippen molar-refractivity contribution < 1.29 is 19.4 Å². The first-order valence-corrected chi connectivity index (χ1v) is 17.3. The molecule has 0 bridgehead atoms. The zero-order valence-electron chi connectivity index (χ0n) is 25.7. The van der Waals surface area contributed by atoms with Gasteiger partial charge in [-0.2, -0.15) is 4.68 Å². The lowest BCUT2D eigenvalue weighted by Crippen LogP contribution is -2.38. The van der Waals surface area contributed by atoms with E-state index < -0.39 is 16.0 Å². The minimum Gasteiger partial charge on any atom is -0.392 e. The van der Waals surface area contributed by atoms with Crippen molar-refractivity contribution in [2.75, 3.05) is 5.75 Å². The number of ether oxygens (including phenoxy) is 2. The Morgan fingerprint density at radius 1 is 0.917 bits per heavy atom. The van der Waals surface area contributed by atoms with E-state index in [-0.39, 0.29) is 31.3 Å². The number of amides is 1. The number of aromatic nitrogens is 4. The van der Waals surface area contributed by atoms with Gasteiger partial charge in [0, 0.05) is 23.8 Å². The molecule has 13 heteroatoms. The molecular formula is C35H32Cl3N5O4S. The molecule has 1 aromatic heterocycles. The van der Waals surface area contributed by atoms with Gasteiger partial charge >= 0.3 is 0 Å². The molecule has 0 radical (unpaired) electrons. The van der Waals surface area contributed by atoms with Crippen molar-refractivity contribution in [3.8, 4) is 16.8 Å². The van der Waals surface area contributed by atoms with Crippen molar-refractivity contribution in [1.29, 1.82) is 0 Å². The van der Waals surface area contributed by atoms with Gasteiger partial charge in [-0.15, -0.1) is 5.10 Å². The Labute approximate surface area is 297 Å². The van der Waals surface area contributed by atoms with E-state index in [1.165, 1.54) is 11.8 Å². The van der Waals surface area contributed by atoms with E-state index >= 15 is 0 Å². The van der Waals surface area contributed by atoms with Crippen LogP contribution in [0.15, 0.2) is 108 Å². The molecule has 1 saturated heterocycles. The van der Waals surface area contributed by atoms with Crippen LogP contribution in [0, 0.1) is 5.92 Å². The summed E-state index contributed by atoms with van der Waals surface area (Å²) in [6.07, 6.45) is -1.12. The fourth-order valence-electron chi connectivity index (χ4n) is 5.52. The van der Waals surface area contributed by atoms with Gasteiger partial charge in [-0.25, -0.2) is 0 Å². The van der Waals surface area contributed by atoms with E-state index in [1.54, 1.807) is 4.68 Å². The van der Waals surface area contributed by atoms with Crippen LogP contribution in [-0.2, 0) is 27.4 Å². The number of tetrazole rings is 1. The third kappa shape index (κ3) is 8.03. The van der Waals surface area contributed by atoms with Crippen LogP contribution in [0.2, 0.25) is 0 Å². The molecule has 1 fully saturated rings. The Morgan fingerprint density at radius 2 is 1.60 bits per heavy atom. The molecule has 4 atom stereocenters. The number of carbonyl (C=O) groups is 1. The maximum Gasteiger partial charge on any atom is 0.272 e. The average Bonchev–Trinajstić information content (AvgIpc) is 3.59. The number of hydrogen-bond acceptors (Lipinski definition) is 8. The van der Waals surface area contributed by atoms with Crippen LogP contribution in [0.4, 0.5) is 0 Å². The highest BCUT2D eigenvalue weighted by atomic mass is 35.6. The van der Waals surface area contributed by atoms with Gasteiger partial charge in [0.05, 0.1) is 24.5 Å². The minimum atomic E-state index is -2.04. The predicted octanol–water partition coefficient (Wildman–Crippen LogP) is 7.39. The summed E-state index contributed by atoms with van der Waals surface area (Å²) in [5, 5.41) is 25.3. The topological polar surface area (TPSA) is 111 Å². The number of nitrogens with one attached hydrogen (secondary N) is 1. The highest BCUT2D eigenvalue weighted by Crippen LogP contribution is 2.43. The van der Waals surface area contributed by atoms with E-state index in [0.717, 1.165) is 39.1 Å². The van der Waals surface area contributed by atoms with Gasteiger partial charge in [-0.3, -0.25) is 4.79 Å². The minimum absolute atomic E-state index is 0.0103. The van der Waals surface area contributed by atoms with Crippen LogP contribution in [0.25, 0.3) is 16.8 Å². The number of aliphatic hydroxyl groups excluding tert-OH is 1. The van der Waals surface area contributed by atoms with Crippen LogP contribution in [0.1, 0.15) is 41.6 Å². The summed E-state index contributed by atoms with van der Waals surface area (Å²) in [5.74, 6) is -0.114. The lowest BCUT2D eigenvalue weighted by Gasteiger charge is -2.41. The first-order chi connectivity index (χ1) is 23.2. The second-order valence-corrected chi connectivity index (χ2v) is 14.6. The molecule has 4 aromatic carbocycles. The maximum atomic E-state index is 12.2. The maximum absolute atomic E-state index is 12.2. The van der Waals surface area contributed by atoms with Crippen LogP contribution in [0.3, 0.4) is 0 Å². The number of halogens is 3. The van der Waals surface area contributed by atoms with Gasteiger partial charge in [0.25, 0.3) is 9.70 Å². The van der Waals surface area contributed by atoms with E-state index in [0.29, 0.717) is 10.9 Å². The fourth-order valence-corrected chi connectivity index (χ4v) is 6.77. The van der Waals surface area contributed by atoms with Gasteiger partial charge < -0.3 is 19.9 Å². The summed E-state index contributed by atoms with van der Waals surface area (Å²) in [7, 11) is 0. The van der Waals surface area contributed by atoms with Crippen molar-refractivity contribution in [2.24, 2.45) is 5.92 Å². The smallest absolute Gasteiger partial charge is 0.272 e. The number of nitrogens with zero attached hydrogens (tertiary/aromatic N) is 4. The number of carbonyl (C=O) groups excluding carboxylic acids is 1. The lowest BCUT2D eigenvalue weighted by atomic mass is 9.91. The summed E-state index contributed by atoms with van der Waals surface area (Å²) in [6, 6.07) is 33.3. The Kier molecular flexibility index (Phi) is 11.0. The molecule has 1 aliphatic rings. The summed E-state index contributed by atoms with van der Waals surface area (Å²) in [4.78, 5) is 12.2. The number of para-hydroxylation sites is 1. The molecule has 2 N–H and O–H groups in total. The van der Waals surface area contributed by atoms with Gasteiger partial charge in [0.15, 0.2) is 6.29 Å². The molecule has 248 valence electrons. The molecule has 4 unspecified atom stereocenters. The number of alkyl halides is 3. The normalized spacial score (nSPS) is 19.6. The van der Waals surface area contributed by atoms with Crippen molar-refractivity contribution in [1.82, 2.24) is 25.5 Å². The standard InChI is InChI=1S/C35H32Cl3N5O4S/c1-22-30(21-48-34-40-41-42-43(34)28-8-3-2-4-9-28)46-32(47-31(22)25-13-11-23(20-44)12-14-25)26-17-15-24(16-18-26)29-10-6-5-7-27(29)19-39-33(45)35(36,37)38/h2-18,22,30-32,44H,19-21H2,1H3,(H,39,45). The van der Waals surface area contributed by atoms with Crippen LogP contribution in [0.5, 0.6) is 0 Å². The molecule has 1 aliphatic heterocycles. The van der Waals surface area contributed by atoms with E-state index in [2.05, 4.69) is 27.8 Å². The Bertz CT molecular complexity index is 1820. The Balaban J connectivity index is 1.23. The second-order valence-electron chi connectivity index (χ2n) is 11.3. The van der Waals surface area contributed by atoms with Crippen molar-refractivity contribution in [3.63, 3.8) is 0 Å². The third-order valence-electron chi connectivity index (χ3n) is 8.15. The monoisotopic (exact) mass is 723 g/mol. The summed E-state index contributed by atoms with van der Waals surface area (Å²) < 4.78 is 13.0. The number of hydrogen-bond donors (Lipinski definition) is 2. The highest BCUT2D eigenvalue weighted by molar-refractivity contribution is 7.99. The van der Waals surface area contributed by atoms with E-state index in [1.807, 2.05) is 103 Å². The van der Waals surface area contributed by atoms with Crippen molar-refractivity contribution in [2.45, 2.75) is 47.5 Å². The van der Waals surface area contributed by atoms with Gasteiger partial charge in [0.2, 0.25) is 5.16 Å². The largest absolute Gasteiger partial charge is 0.392 e. The van der Waals surface area contributed by atoms with Crippen LogP contribution < -0.4 is 5.32 Å². The second kappa shape index (κ2) is 15.4. The lowest BCUT2D eigenvalue weighted by molar-refractivity contribution is -0.268. The summed E-state index contributed by atoms with van der Waals surface area (Å²) >= 11 is 18.7. The Morgan fingerprint density at radius 3 is 2.31 bits per heavy atom.